The van der Waals surface area contributed by atoms with E-state index in [9.17, 15) is 4.79 Å². The minimum atomic E-state index is -0.0195. The highest BCUT2D eigenvalue weighted by atomic mass is 16.5. The SMILES string of the molecule is CC(C)=CCCC(C)=CCCC(C)=CCCC(C)=CCOC(=O)C1CC1. The van der Waals surface area contributed by atoms with Gasteiger partial charge in [-0.05, 0) is 92.1 Å². The molecule has 26 heavy (non-hydrogen) atoms. The number of allylic oxidation sites excluding steroid dienone is 7. The van der Waals surface area contributed by atoms with Crippen LogP contribution in [0.1, 0.15) is 86.0 Å². The van der Waals surface area contributed by atoms with E-state index in [-0.39, 0.29) is 11.9 Å². The number of ether oxygens (including phenoxy) is 1. The Morgan fingerprint density at radius 1 is 0.769 bits per heavy atom. The van der Waals surface area contributed by atoms with Crippen molar-refractivity contribution >= 4 is 5.97 Å². The van der Waals surface area contributed by atoms with E-state index < -0.39 is 0 Å². The van der Waals surface area contributed by atoms with Gasteiger partial charge in [0, 0.05) is 0 Å². The van der Waals surface area contributed by atoms with Gasteiger partial charge in [0.05, 0.1) is 5.92 Å². The van der Waals surface area contributed by atoms with Gasteiger partial charge in [-0.3, -0.25) is 4.79 Å². The fourth-order valence-corrected chi connectivity index (χ4v) is 2.69. The van der Waals surface area contributed by atoms with Crippen molar-refractivity contribution in [1.29, 1.82) is 0 Å². The van der Waals surface area contributed by atoms with E-state index >= 15 is 0 Å². The van der Waals surface area contributed by atoms with Crippen LogP contribution >= 0.6 is 0 Å². The molecule has 0 aromatic carbocycles. The average Bonchev–Trinajstić information content (AvgIpc) is 3.39. The second-order valence-corrected chi connectivity index (χ2v) is 7.95. The van der Waals surface area contributed by atoms with E-state index in [0.29, 0.717) is 6.61 Å². The first-order valence-electron chi connectivity index (χ1n) is 10.2. The van der Waals surface area contributed by atoms with Crippen molar-refractivity contribution < 1.29 is 9.53 Å². The van der Waals surface area contributed by atoms with E-state index in [1.54, 1.807) is 0 Å². The molecule has 1 saturated carbocycles. The highest BCUT2D eigenvalue weighted by molar-refractivity contribution is 5.74. The molecule has 0 saturated heterocycles. The number of hydrogen-bond acceptors (Lipinski definition) is 2. The minimum absolute atomic E-state index is 0.0195. The highest BCUT2D eigenvalue weighted by Crippen LogP contribution is 2.30. The summed E-state index contributed by atoms with van der Waals surface area (Å²) in [5.41, 5.74) is 5.66. The Balaban J connectivity index is 2.15. The normalized spacial score (nSPS) is 15.8. The van der Waals surface area contributed by atoms with E-state index in [4.69, 9.17) is 4.74 Å². The van der Waals surface area contributed by atoms with E-state index in [0.717, 1.165) is 44.9 Å². The van der Waals surface area contributed by atoms with Gasteiger partial charge >= 0.3 is 5.97 Å². The van der Waals surface area contributed by atoms with Crippen molar-refractivity contribution in [3.8, 4) is 0 Å². The molecule has 0 amide bonds. The molecule has 0 radical (unpaired) electrons. The van der Waals surface area contributed by atoms with Gasteiger partial charge in [0.1, 0.15) is 6.61 Å². The van der Waals surface area contributed by atoms with Crippen molar-refractivity contribution in [3.05, 3.63) is 46.6 Å². The largest absolute Gasteiger partial charge is 0.461 e. The maximum absolute atomic E-state index is 11.5. The van der Waals surface area contributed by atoms with Crippen molar-refractivity contribution in [1.82, 2.24) is 0 Å². The molecule has 0 aromatic rings. The number of esters is 1. The highest BCUT2D eigenvalue weighted by Gasteiger charge is 2.30. The van der Waals surface area contributed by atoms with Crippen LogP contribution < -0.4 is 0 Å². The molecule has 1 aliphatic carbocycles. The Hall–Kier alpha value is -1.57. The second-order valence-electron chi connectivity index (χ2n) is 7.95. The molecule has 2 heteroatoms. The third-order valence-electron chi connectivity index (χ3n) is 4.72. The summed E-state index contributed by atoms with van der Waals surface area (Å²) in [5, 5.41) is 0. The molecule has 0 aliphatic heterocycles. The van der Waals surface area contributed by atoms with Crippen LogP contribution in [0, 0.1) is 5.92 Å². The zero-order chi connectivity index (χ0) is 19.4. The van der Waals surface area contributed by atoms with Crippen LogP contribution in [0.3, 0.4) is 0 Å². The van der Waals surface area contributed by atoms with E-state index in [1.807, 2.05) is 6.08 Å². The summed E-state index contributed by atoms with van der Waals surface area (Å²) in [6.07, 6.45) is 17.8. The summed E-state index contributed by atoms with van der Waals surface area (Å²) in [6, 6.07) is 0. The van der Waals surface area contributed by atoms with Crippen molar-refractivity contribution in [2.24, 2.45) is 5.92 Å². The van der Waals surface area contributed by atoms with Crippen LogP contribution in [-0.4, -0.2) is 12.6 Å². The topological polar surface area (TPSA) is 26.3 Å². The molecule has 1 rings (SSSR count). The van der Waals surface area contributed by atoms with Crippen LogP contribution in [-0.2, 0) is 9.53 Å². The Labute approximate surface area is 161 Å². The summed E-state index contributed by atoms with van der Waals surface area (Å²) in [7, 11) is 0. The zero-order valence-electron chi connectivity index (χ0n) is 17.6. The van der Waals surface area contributed by atoms with Crippen molar-refractivity contribution in [2.45, 2.75) is 86.0 Å². The van der Waals surface area contributed by atoms with Crippen molar-refractivity contribution in [2.75, 3.05) is 6.61 Å². The predicted molar refractivity (Wildman–Crippen MR) is 112 cm³/mol. The van der Waals surface area contributed by atoms with Crippen LogP contribution in [0.2, 0.25) is 0 Å². The third-order valence-corrected chi connectivity index (χ3v) is 4.72. The molecule has 1 aliphatic rings. The van der Waals surface area contributed by atoms with Gasteiger partial charge in [-0.25, -0.2) is 0 Å². The summed E-state index contributed by atoms with van der Waals surface area (Å²) in [5.74, 6) is 0.174. The number of carbonyl (C=O) groups is 1. The lowest BCUT2D eigenvalue weighted by molar-refractivity contribution is -0.143. The van der Waals surface area contributed by atoms with Gasteiger partial charge in [0.2, 0.25) is 0 Å². The first kappa shape index (κ1) is 22.5. The van der Waals surface area contributed by atoms with E-state index in [1.165, 1.54) is 28.7 Å². The van der Waals surface area contributed by atoms with Gasteiger partial charge in [-0.15, -0.1) is 0 Å². The molecule has 0 aromatic heterocycles. The average molecular weight is 359 g/mol. The van der Waals surface area contributed by atoms with Crippen LogP contribution in [0.25, 0.3) is 0 Å². The molecular formula is C24H38O2. The first-order valence-corrected chi connectivity index (χ1v) is 10.2. The molecule has 2 nitrogen and oxygen atoms in total. The Morgan fingerprint density at radius 2 is 1.23 bits per heavy atom. The molecule has 0 unspecified atom stereocenters. The molecule has 0 heterocycles. The monoisotopic (exact) mass is 358 g/mol. The van der Waals surface area contributed by atoms with Crippen LogP contribution in [0.15, 0.2) is 46.6 Å². The van der Waals surface area contributed by atoms with E-state index in [2.05, 4.69) is 52.8 Å². The van der Waals surface area contributed by atoms with Gasteiger partial charge < -0.3 is 4.74 Å². The molecule has 0 atom stereocenters. The summed E-state index contributed by atoms with van der Waals surface area (Å²) < 4.78 is 5.24. The molecule has 0 bridgehead atoms. The lowest BCUT2D eigenvalue weighted by atomic mass is 10.0. The maximum atomic E-state index is 11.5. The standard InChI is InChI=1S/C24H38O2/c1-19(2)9-6-10-20(3)11-7-12-21(4)13-8-14-22(5)17-18-26-24(25)23-15-16-23/h9,11,13,17,23H,6-8,10,12,14-16,18H2,1-5H3. The fourth-order valence-electron chi connectivity index (χ4n) is 2.69. The quantitative estimate of drug-likeness (QED) is 0.275. The maximum Gasteiger partial charge on any atom is 0.309 e. The van der Waals surface area contributed by atoms with Gasteiger partial charge in [0.25, 0.3) is 0 Å². The Kier molecular flexibility index (Phi) is 11.0. The Morgan fingerprint density at radius 3 is 1.69 bits per heavy atom. The molecule has 1 fully saturated rings. The zero-order valence-corrected chi connectivity index (χ0v) is 17.6. The summed E-state index contributed by atoms with van der Waals surface area (Å²) >= 11 is 0. The minimum Gasteiger partial charge on any atom is -0.461 e. The molecular weight excluding hydrogens is 320 g/mol. The van der Waals surface area contributed by atoms with Gasteiger partial charge in [-0.2, -0.15) is 0 Å². The summed E-state index contributed by atoms with van der Waals surface area (Å²) in [6.45, 7) is 11.3. The van der Waals surface area contributed by atoms with Gasteiger partial charge in [0.15, 0.2) is 0 Å². The summed E-state index contributed by atoms with van der Waals surface area (Å²) in [4.78, 5) is 11.5. The van der Waals surface area contributed by atoms with Gasteiger partial charge in [-0.1, -0.05) is 40.5 Å². The molecule has 146 valence electrons. The Bertz CT molecular complexity index is 553. The number of hydrogen-bond donors (Lipinski definition) is 0. The molecule has 0 N–H and O–H groups in total. The number of rotatable bonds is 12. The molecule has 0 spiro atoms. The lowest BCUT2D eigenvalue weighted by Gasteiger charge is -2.03. The lowest BCUT2D eigenvalue weighted by Crippen LogP contribution is -2.06. The number of carbonyl (C=O) groups excluding carboxylic acids is 1. The second kappa shape index (κ2) is 12.7. The smallest absolute Gasteiger partial charge is 0.309 e. The first-order chi connectivity index (χ1) is 12.4. The third kappa shape index (κ3) is 11.9. The van der Waals surface area contributed by atoms with Crippen molar-refractivity contribution in [3.63, 3.8) is 0 Å². The fraction of sp³-hybridized carbons (Fsp3) is 0.625. The van der Waals surface area contributed by atoms with Crippen LogP contribution in [0.5, 0.6) is 0 Å². The predicted octanol–water partition coefficient (Wildman–Crippen LogP) is 7.09. The van der Waals surface area contributed by atoms with Crippen LogP contribution in [0.4, 0.5) is 0 Å².